The van der Waals surface area contributed by atoms with Crippen molar-refractivity contribution >= 4 is 23.2 Å². The minimum absolute atomic E-state index is 0.408. The fourth-order valence-electron chi connectivity index (χ4n) is 2.35. The average Bonchev–Trinajstić information content (AvgIpc) is 2.46. The molecule has 0 spiro atoms. The number of rotatable bonds is 5. The van der Waals surface area contributed by atoms with Crippen LogP contribution in [0.25, 0.3) is 0 Å². The maximum Gasteiger partial charge on any atom is 0.125 e. The van der Waals surface area contributed by atoms with Gasteiger partial charge in [0.15, 0.2) is 0 Å². The molecule has 0 amide bonds. The summed E-state index contributed by atoms with van der Waals surface area (Å²) < 4.78 is 11.3. The Morgan fingerprint density at radius 1 is 1.05 bits per heavy atom. The Bertz CT molecular complexity index is 616. The molecule has 2 nitrogen and oxygen atoms in total. The zero-order valence-corrected chi connectivity index (χ0v) is 13.9. The highest BCUT2D eigenvalue weighted by Crippen LogP contribution is 2.29. The molecule has 0 aromatic heterocycles. The Labute approximate surface area is 135 Å². The van der Waals surface area contributed by atoms with Crippen LogP contribution in [0.5, 0.6) is 11.5 Å². The summed E-state index contributed by atoms with van der Waals surface area (Å²) in [6.45, 7) is 4.45. The number of hydrogen-bond donors (Lipinski definition) is 0. The molecule has 2 rings (SSSR count). The minimum Gasteiger partial charge on any atom is -0.496 e. The first kappa shape index (κ1) is 16.0. The quantitative estimate of drug-likeness (QED) is 0.696. The third-order valence-corrected chi connectivity index (χ3v) is 3.83. The van der Waals surface area contributed by atoms with Crippen molar-refractivity contribution in [1.29, 1.82) is 0 Å². The Morgan fingerprint density at radius 3 is 2.29 bits per heavy atom. The van der Waals surface area contributed by atoms with E-state index in [1.54, 1.807) is 13.2 Å². The van der Waals surface area contributed by atoms with Gasteiger partial charge in [0.25, 0.3) is 0 Å². The van der Waals surface area contributed by atoms with Crippen molar-refractivity contribution in [2.45, 2.75) is 26.3 Å². The number of methoxy groups -OCH3 is 1. The fraction of sp³-hybridized carbons (Fsp3) is 0.294. The first-order valence-corrected chi connectivity index (χ1v) is 7.57. The molecule has 0 unspecified atom stereocenters. The molecule has 112 valence electrons. The zero-order chi connectivity index (χ0) is 15.4. The van der Waals surface area contributed by atoms with E-state index in [9.17, 15) is 0 Å². The molecule has 0 heterocycles. The molecule has 0 bridgehead atoms. The summed E-state index contributed by atoms with van der Waals surface area (Å²) in [6, 6.07) is 9.60. The molecule has 0 saturated carbocycles. The first-order valence-electron chi connectivity index (χ1n) is 6.66. The lowest BCUT2D eigenvalue weighted by Crippen LogP contribution is -2.02. The van der Waals surface area contributed by atoms with E-state index in [-0.39, 0.29) is 0 Å². The van der Waals surface area contributed by atoms with Gasteiger partial charge in [0.05, 0.1) is 7.11 Å². The summed E-state index contributed by atoms with van der Waals surface area (Å²) >= 11 is 11.9. The summed E-state index contributed by atoms with van der Waals surface area (Å²) in [5.41, 5.74) is 4.17. The second-order valence-electron chi connectivity index (χ2n) is 4.94. The van der Waals surface area contributed by atoms with Crippen LogP contribution in [-0.4, -0.2) is 7.11 Å². The van der Waals surface area contributed by atoms with Gasteiger partial charge in [-0.05, 0) is 48.7 Å². The van der Waals surface area contributed by atoms with Crippen molar-refractivity contribution in [2.75, 3.05) is 7.11 Å². The summed E-state index contributed by atoms with van der Waals surface area (Å²) in [5.74, 6) is 2.15. The Hall–Kier alpha value is -1.38. The molecule has 4 heteroatoms. The molecular formula is C17H18Cl2O2. The van der Waals surface area contributed by atoms with Crippen molar-refractivity contribution in [3.05, 3.63) is 57.6 Å². The first-order chi connectivity index (χ1) is 10.0. The molecule has 0 fully saturated rings. The topological polar surface area (TPSA) is 18.5 Å². The van der Waals surface area contributed by atoms with Gasteiger partial charge in [-0.1, -0.05) is 23.7 Å². The second-order valence-corrected chi connectivity index (χ2v) is 5.64. The predicted molar refractivity (Wildman–Crippen MR) is 87.8 cm³/mol. The molecule has 0 N–H and O–H groups in total. The van der Waals surface area contributed by atoms with Gasteiger partial charge in [-0.2, -0.15) is 0 Å². The van der Waals surface area contributed by atoms with Crippen LogP contribution >= 0.6 is 23.2 Å². The molecule has 2 aromatic carbocycles. The van der Waals surface area contributed by atoms with Crippen molar-refractivity contribution in [1.82, 2.24) is 0 Å². The summed E-state index contributed by atoms with van der Waals surface area (Å²) in [6.07, 6.45) is 0. The third-order valence-electron chi connectivity index (χ3n) is 3.29. The van der Waals surface area contributed by atoms with Crippen molar-refractivity contribution in [3.8, 4) is 11.5 Å². The zero-order valence-electron chi connectivity index (χ0n) is 12.4. The van der Waals surface area contributed by atoms with Gasteiger partial charge in [-0.15, -0.1) is 11.6 Å². The summed E-state index contributed by atoms with van der Waals surface area (Å²) in [7, 11) is 1.64. The predicted octanol–water partition coefficient (Wildman–Crippen LogP) is 5.28. The Morgan fingerprint density at radius 2 is 1.71 bits per heavy atom. The average molecular weight is 325 g/mol. The van der Waals surface area contributed by atoms with E-state index in [1.807, 2.05) is 38.1 Å². The highest BCUT2D eigenvalue weighted by molar-refractivity contribution is 6.30. The van der Waals surface area contributed by atoms with Crippen LogP contribution in [-0.2, 0) is 12.5 Å². The molecule has 0 aliphatic rings. The second kappa shape index (κ2) is 7.06. The van der Waals surface area contributed by atoms with E-state index in [4.69, 9.17) is 32.7 Å². The normalized spacial score (nSPS) is 10.5. The lowest BCUT2D eigenvalue weighted by Gasteiger charge is -2.15. The maximum absolute atomic E-state index is 6.03. The van der Waals surface area contributed by atoms with Gasteiger partial charge in [0.2, 0.25) is 0 Å². The molecule has 0 radical (unpaired) electrons. The minimum atomic E-state index is 0.408. The largest absolute Gasteiger partial charge is 0.496 e. The molecule has 0 atom stereocenters. The highest BCUT2D eigenvalue weighted by Gasteiger charge is 2.09. The molecule has 2 aromatic rings. The van der Waals surface area contributed by atoms with Crippen molar-refractivity contribution in [3.63, 3.8) is 0 Å². The maximum atomic E-state index is 6.03. The van der Waals surface area contributed by atoms with Crippen LogP contribution in [0.2, 0.25) is 5.02 Å². The van der Waals surface area contributed by atoms with Crippen LogP contribution in [0.1, 0.15) is 22.3 Å². The van der Waals surface area contributed by atoms with Gasteiger partial charge >= 0.3 is 0 Å². The summed E-state index contributed by atoms with van der Waals surface area (Å²) in [5, 5.41) is 0.667. The Kier molecular flexibility index (Phi) is 5.38. The summed E-state index contributed by atoms with van der Waals surface area (Å²) in [4.78, 5) is 0. The SMILES string of the molecule is COc1ccc(Cl)cc1COc1c(C)cc(CCl)cc1C. The number of benzene rings is 2. The van der Waals surface area contributed by atoms with Crippen molar-refractivity contribution < 1.29 is 9.47 Å². The Balaban J connectivity index is 2.22. The monoisotopic (exact) mass is 324 g/mol. The van der Waals surface area contributed by atoms with Gasteiger partial charge in [-0.25, -0.2) is 0 Å². The van der Waals surface area contributed by atoms with Crippen molar-refractivity contribution in [2.24, 2.45) is 0 Å². The van der Waals surface area contributed by atoms with E-state index in [2.05, 4.69) is 0 Å². The van der Waals surface area contributed by atoms with Gasteiger partial charge < -0.3 is 9.47 Å². The number of alkyl halides is 1. The molecule has 21 heavy (non-hydrogen) atoms. The lowest BCUT2D eigenvalue weighted by atomic mass is 10.1. The number of hydrogen-bond acceptors (Lipinski definition) is 2. The van der Waals surface area contributed by atoms with Gasteiger partial charge in [-0.3, -0.25) is 0 Å². The lowest BCUT2D eigenvalue weighted by molar-refractivity contribution is 0.293. The number of aryl methyl sites for hydroxylation is 2. The molecule has 0 aliphatic carbocycles. The van der Waals surface area contributed by atoms with Crippen LogP contribution in [0, 0.1) is 13.8 Å². The van der Waals surface area contributed by atoms with Gasteiger partial charge in [0, 0.05) is 16.5 Å². The fourth-order valence-corrected chi connectivity index (χ4v) is 2.70. The van der Waals surface area contributed by atoms with E-state index in [0.717, 1.165) is 33.8 Å². The van der Waals surface area contributed by atoms with Crippen LogP contribution in [0.3, 0.4) is 0 Å². The smallest absolute Gasteiger partial charge is 0.125 e. The van der Waals surface area contributed by atoms with Gasteiger partial charge in [0.1, 0.15) is 18.1 Å². The number of halogens is 2. The molecular weight excluding hydrogens is 307 g/mol. The standard InChI is InChI=1S/C17H18Cl2O2/c1-11-6-13(9-18)7-12(2)17(11)21-10-14-8-15(19)4-5-16(14)20-3/h4-8H,9-10H2,1-3H3. The molecule has 0 saturated heterocycles. The number of ether oxygens (including phenoxy) is 2. The third kappa shape index (κ3) is 3.84. The van der Waals surface area contributed by atoms with Crippen LogP contribution in [0.15, 0.2) is 30.3 Å². The van der Waals surface area contributed by atoms with E-state index in [1.165, 1.54) is 0 Å². The van der Waals surface area contributed by atoms with Crippen LogP contribution < -0.4 is 9.47 Å². The highest BCUT2D eigenvalue weighted by atomic mass is 35.5. The molecule has 0 aliphatic heterocycles. The van der Waals surface area contributed by atoms with Crippen LogP contribution in [0.4, 0.5) is 0 Å². The van der Waals surface area contributed by atoms with E-state index < -0.39 is 0 Å². The van der Waals surface area contributed by atoms with E-state index >= 15 is 0 Å². The van der Waals surface area contributed by atoms with E-state index in [0.29, 0.717) is 17.5 Å².